The van der Waals surface area contributed by atoms with Crippen molar-refractivity contribution in [2.24, 2.45) is 5.92 Å². The van der Waals surface area contributed by atoms with E-state index in [1.165, 1.54) is 13.5 Å². The van der Waals surface area contributed by atoms with Crippen molar-refractivity contribution in [1.82, 2.24) is 9.97 Å². The van der Waals surface area contributed by atoms with Gasteiger partial charge in [0.1, 0.15) is 5.82 Å². The van der Waals surface area contributed by atoms with Crippen molar-refractivity contribution in [3.8, 4) is 0 Å². The van der Waals surface area contributed by atoms with Gasteiger partial charge in [-0.15, -0.1) is 11.3 Å². The molecule has 0 atom stereocenters. The van der Waals surface area contributed by atoms with Gasteiger partial charge in [-0.2, -0.15) is 0 Å². The highest BCUT2D eigenvalue weighted by Crippen LogP contribution is 2.18. The van der Waals surface area contributed by atoms with E-state index in [-0.39, 0.29) is 0 Å². The monoisotopic (exact) mass is 387 g/mol. The minimum atomic E-state index is 0.660. The molecule has 0 unspecified atom stereocenters. The number of rotatable bonds is 5. The summed E-state index contributed by atoms with van der Waals surface area (Å²) in [4.78, 5) is 10.2. The number of hydrogen-bond acceptors (Lipinski definition) is 4. The van der Waals surface area contributed by atoms with Crippen molar-refractivity contribution in [3.63, 3.8) is 0 Å². The molecule has 0 radical (unpaired) electrons. The third-order valence-corrected chi connectivity index (χ3v) is 4.81. The lowest BCUT2D eigenvalue weighted by Gasteiger charge is -2.05. The lowest BCUT2D eigenvalue weighted by molar-refractivity contribution is 0.644. The SMILES string of the molecule is Cc1nc(NCc2cnc(CC(C)C)s2)ccc1I. The molecule has 0 aliphatic heterocycles. The number of halogens is 1. The van der Waals surface area contributed by atoms with Crippen LogP contribution in [-0.2, 0) is 13.0 Å². The molecule has 3 nitrogen and oxygen atoms in total. The Bertz CT molecular complexity index is 551. The zero-order valence-electron chi connectivity index (χ0n) is 11.4. The van der Waals surface area contributed by atoms with Crippen LogP contribution in [0, 0.1) is 16.4 Å². The van der Waals surface area contributed by atoms with E-state index in [1.807, 2.05) is 19.2 Å². The molecule has 2 aromatic heterocycles. The molecule has 0 aromatic carbocycles. The van der Waals surface area contributed by atoms with Crippen molar-refractivity contribution in [1.29, 1.82) is 0 Å². The Balaban J connectivity index is 1.94. The van der Waals surface area contributed by atoms with Gasteiger partial charge in [0.25, 0.3) is 0 Å². The Morgan fingerprint density at radius 3 is 2.84 bits per heavy atom. The number of thiazole rings is 1. The number of pyridine rings is 1. The number of hydrogen-bond donors (Lipinski definition) is 1. The van der Waals surface area contributed by atoms with Gasteiger partial charge in [0.2, 0.25) is 0 Å². The van der Waals surface area contributed by atoms with Crippen molar-refractivity contribution in [2.45, 2.75) is 33.7 Å². The van der Waals surface area contributed by atoms with E-state index in [2.05, 4.69) is 57.8 Å². The molecule has 2 heterocycles. The molecule has 0 aliphatic carbocycles. The highest BCUT2D eigenvalue weighted by Gasteiger charge is 2.05. The van der Waals surface area contributed by atoms with Crippen LogP contribution < -0.4 is 5.32 Å². The summed E-state index contributed by atoms with van der Waals surface area (Å²) in [6, 6.07) is 4.10. The third kappa shape index (κ3) is 4.42. The maximum Gasteiger partial charge on any atom is 0.126 e. The molecular weight excluding hydrogens is 369 g/mol. The van der Waals surface area contributed by atoms with Gasteiger partial charge in [-0.1, -0.05) is 13.8 Å². The van der Waals surface area contributed by atoms with E-state index in [9.17, 15) is 0 Å². The predicted octanol–water partition coefficient (Wildman–Crippen LogP) is 4.26. The van der Waals surface area contributed by atoms with Gasteiger partial charge in [-0.05, 0) is 47.6 Å². The Hall–Kier alpha value is -0.690. The van der Waals surface area contributed by atoms with Gasteiger partial charge >= 0.3 is 0 Å². The van der Waals surface area contributed by atoms with E-state index in [0.717, 1.165) is 24.5 Å². The highest BCUT2D eigenvalue weighted by atomic mass is 127. The molecule has 1 N–H and O–H groups in total. The summed E-state index contributed by atoms with van der Waals surface area (Å²) in [5.74, 6) is 1.59. The van der Waals surface area contributed by atoms with Crippen LogP contribution in [0.25, 0.3) is 0 Å². The number of nitrogens with zero attached hydrogens (tertiary/aromatic N) is 2. The largest absolute Gasteiger partial charge is 0.365 e. The molecule has 0 saturated carbocycles. The Kier molecular flexibility index (Phi) is 5.15. The Morgan fingerprint density at radius 1 is 1.37 bits per heavy atom. The van der Waals surface area contributed by atoms with E-state index in [0.29, 0.717) is 5.92 Å². The molecule has 0 spiro atoms. The zero-order valence-corrected chi connectivity index (χ0v) is 14.4. The number of aryl methyl sites for hydroxylation is 1. The molecule has 0 fully saturated rings. The van der Waals surface area contributed by atoms with Crippen molar-refractivity contribution >= 4 is 39.7 Å². The maximum absolute atomic E-state index is 4.51. The van der Waals surface area contributed by atoms with Gasteiger partial charge in [0, 0.05) is 21.1 Å². The minimum absolute atomic E-state index is 0.660. The molecule has 5 heteroatoms. The molecular formula is C14H18IN3S. The summed E-state index contributed by atoms with van der Waals surface area (Å²) in [6.45, 7) is 7.26. The van der Waals surface area contributed by atoms with Crippen LogP contribution in [0.2, 0.25) is 0 Å². The summed E-state index contributed by atoms with van der Waals surface area (Å²) in [5.41, 5.74) is 1.07. The first-order valence-corrected chi connectivity index (χ1v) is 8.24. The van der Waals surface area contributed by atoms with Gasteiger partial charge in [0.15, 0.2) is 0 Å². The quantitative estimate of drug-likeness (QED) is 0.779. The van der Waals surface area contributed by atoms with Crippen LogP contribution in [0.5, 0.6) is 0 Å². The van der Waals surface area contributed by atoms with E-state index in [1.54, 1.807) is 11.3 Å². The van der Waals surface area contributed by atoms with Gasteiger partial charge in [-0.25, -0.2) is 9.97 Å². The van der Waals surface area contributed by atoms with Crippen LogP contribution in [-0.4, -0.2) is 9.97 Å². The van der Waals surface area contributed by atoms with E-state index >= 15 is 0 Å². The van der Waals surface area contributed by atoms with Crippen LogP contribution in [0.3, 0.4) is 0 Å². The zero-order chi connectivity index (χ0) is 13.8. The van der Waals surface area contributed by atoms with Gasteiger partial charge in [0.05, 0.1) is 17.2 Å². The molecule has 0 amide bonds. The number of nitrogens with one attached hydrogen (secondary N) is 1. The fourth-order valence-corrected chi connectivity index (χ4v) is 3.07. The van der Waals surface area contributed by atoms with Crippen molar-refractivity contribution < 1.29 is 0 Å². The van der Waals surface area contributed by atoms with Crippen molar-refractivity contribution in [2.75, 3.05) is 5.32 Å². The fraction of sp³-hybridized carbons (Fsp3) is 0.429. The topological polar surface area (TPSA) is 37.8 Å². The number of anilines is 1. The van der Waals surface area contributed by atoms with Crippen LogP contribution in [0.4, 0.5) is 5.82 Å². The van der Waals surface area contributed by atoms with Crippen LogP contribution in [0.1, 0.15) is 29.4 Å². The molecule has 0 aliphatic rings. The van der Waals surface area contributed by atoms with Crippen LogP contribution in [0.15, 0.2) is 18.3 Å². The van der Waals surface area contributed by atoms with Gasteiger partial charge < -0.3 is 5.32 Å². The Morgan fingerprint density at radius 2 is 2.16 bits per heavy atom. The maximum atomic E-state index is 4.51. The smallest absolute Gasteiger partial charge is 0.126 e. The standard InChI is InChI=1S/C14H18IN3S/c1-9(2)6-14-17-8-11(19-14)7-16-13-5-4-12(15)10(3)18-13/h4-5,8-9H,6-7H2,1-3H3,(H,16,18). The second-order valence-electron chi connectivity index (χ2n) is 4.94. The first-order valence-electron chi connectivity index (χ1n) is 6.35. The summed E-state index contributed by atoms with van der Waals surface area (Å²) >= 11 is 4.08. The lowest BCUT2D eigenvalue weighted by Crippen LogP contribution is -2.01. The molecule has 19 heavy (non-hydrogen) atoms. The predicted molar refractivity (Wildman–Crippen MR) is 89.7 cm³/mol. The minimum Gasteiger partial charge on any atom is -0.365 e. The summed E-state index contributed by atoms with van der Waals surface area (Å²) in [7, 11) is 0. The average molecular weight is 387 g/mol. The third-order valence-electron chi connectivity index (χ3n) is 2.65. The van der Waals surface area contributed by atoms with Gasteiger partial charge in [-0.3, -0.25) is 0 Å². The fourth-order valence-electron chi connectivity index (χ4n) is 1.69. The van der Waals surface area contributed by atoms with Crippen LogP contribution >= 0.6 is 33.9 Å². The summed E-state index contributed by atoms with van der Waals surface area (Å²) in [6.07, 6.45) is 3.03. The first-order chi connectivity index (χ1) is 9.04. The normalized spacial score (nSPS) is 11.0. The number of aromatic nitrogens is 2. The first kappa shape index (κ1) is 14.7. The average Bonchev–Trinajstić information content (AvgIpc) is 2.77. The summed E-state index contributed by atoms with van der Waals surface area (Å²) < 4.78 is 1.19. The second kappa shape index (κ2) is 6.65. The lowest BCUT2D eigenvalue weighted by atomic mass is 10.1. The molecule has 2 rings (SSSR count). The van der Waals surface area contributed by atoms with Crippen molar-refractivity contribution in [3.05, 3.63) is 37.5 Å². The van der Waals surface area contributed by atoms with E-state index < -0.39 is 0 Å². The molecule has 0 saturated heterocycles. The molecule has 0 bridgehead atoms. The van der Waals surface area contributed by atoms with E-state index in [4.69, 9.17) is 0 Å². The molecule has 2 aromatic rings. The summed E-state index contributed by atoms with van der Waals surface area (Å²) in [5, 5.41) is 4.57. The second-order valence-corrected chi connectivity index (χ2v) is 7.30. The highest BCUT2D eigenvalue weighted by molar-refractivity contribution is 14.1. The molecule has 102 valence electrons. The Labute approximate surface area is 132 Å².